The molecule has 1 saturated carbocycles. The Labute approximate surface area is 205 Å². The molecule has 1 fully saturated rings. The van der Waals surface area contributed by atoms with Crippen LogP contribution in [0.2, 0.25) is 0 Å². The van der Waals surface area contributed by atoms with Crippen LogP contribution in [0, 0.1) is 5.92 Å². The Balaban J connectivity index is 1.71. The fraction of sp³-hybridized carbons (Fsp3) is 0.409. The Morgan fingerprint density at radius 2 is 1.78 bits per heavy atom. The summed E-state index contributed by atoms with van der Waals surface area (Å²) in [7, 11) is 0. The topological polar surface area (TPSA) is 86.0 Å². The number of rotatable bonds is 8. The average molecular weight is 532 g/mol. The molecule has 2 heterocycles. The van der Waals surface area contributed by atoms with Crippen LogP contribution in [-0.2, 0) is 6.18 Å². The number of hydrogen-bond acceptors (Lipinski definition) is 6. The van der Waals surface area contributed by atoms with Gasteiger partial charge >= 0.3 is 18.7 Å². The number of halogens is 7. The molecular weight excluding hydrogens is 513 g/mol. The number of alkyl halides is 7. The number of benzene rings is 1. The Kier molecular flexibility index (Phi) is 7.06. The highest BCUT2D eigenvalue weighted by molar-refractivity contribution is 5.95. The van der Waals surface area contributed by atoms with Gasteiger partial charge in [-0.15, -0.1) is 0 Å². The second-order valence-electron chi connectivity index (χ2n) is 8.38. The molecule has 0 radical (unpaired) electrons. The van der Waals surface area contributed by atoms with Crippen LogP contribution in [-0.4, -0.2) is 54.6 Å². The minimum atomic E-state index is -5.48. The van der Waals surface area contributed by atoms with Crippen LogP contribution in [0.1, 0.15) is 47.6 Å². The van der Waals surface area contributed by atoms with Crippen LogP contribution < -0.4 is 4.74 Å². The second kappa shape index (κ2) is 9.94. The molecule has 1 aliphatic rings. The molecule has 15 heteroatoms. The Morgan fingerprint density at radius 1 is 1.11 bits per heavy atom. The van der Waals surface area contributed by atoms with Gasteiger partial charge in [-0.2, -0.15) is 40.5 Å². The van der Waals surface area contributed by atoms with Crippen LogP contribution in [0.15, 0.2) is 43.0 Å². The summed E-state index contributed by atoms with van der Waals surface area (Å²) in [6, 6.07) is 2.04. The van der Waals surface area contributed by atoms with Gasteiger partial charge in [-0.25, -0.2) is 15.0 Å². The number of amides is 1. The zero-order chi connectivity index (χ0) is 27.0. The quantitative estimate of drug-likeness (QED) is 0.383. The van der Waals surface area contributed by atoms with E-state index >= 15 is 0 Å². The Hall–Kier alpha value is -3.78. The molecule has 0 bridgehead atoms. The first-order valence-corrected chi connectivity index (χ1v) is 10.9. The van der Waals surface area contributed by atoms with Crippen molar-refractivity contribution in [3.63, 3.8) is 0 Å². The summed E-state index contributed by atoms with van der Waals surface area (Å²) in [6.07, 6.45) is -8.76. The molecule has 8 nitrogen and oxygen atoms in total. The first-order valence-electron chi connectivity index (χ1n) is 10.9. The third kappa shape index (κ3) is 6.14. The fourth-order valence-electron chi connectivity index (χ4n) is 3.53. The smallest absolute Gasteiger partial charge is 0.452 e. The van der Waals surface area contributed by atoms with Gasteiger partial charge in [0, 0.05) is 24.5 Å². The number of nitrogens with zero attached hydrogens (tertiary/aromatic N) is 6. The Morgan fingerprint density at radius 3 is 2.38 bits per heavy atom. The van der Waals surface area contributed by atoms with Crippen molar-refractivity contribution in [3.05, 3.63) is 59.9 Å². The molecule has 2 atom stereocenters. The molecule has 2 aromatic heterocycles. The van der Waals surface area contributed by atoms with Crippen LogP contribution in [0.5, 0.6) is 5.75 Å². The standard InChI is InChI=1S/C22H19F7N6O2/c1-12(17-32-11-33-35(17)20-30-5-2-6-31-20)34(10-13-3-4-13)18(36)14-7-15(21(24,25)26)9-16(8-14)37-19(23)22(27,28)29/h2,5-9,11-13,19H,3-4,10H2,1H3. The number of ether oxygens (including phenoxy) is 1. The minimum Gasteiger partial charge on any atom is -0.452 e. The highest BCUT2D eigenvalue weighted by Crippen LogP contribution is 2.37. The van der Waals surface area contributed by atoms with E-state index in [0.29, 0.717) is 12.1 Å². The van der Waals surface area contributed by atoms with E-state index in [1.807, 2.05) is 0 Å². The highest BCUT2D eigenvalue weighted by Gasteiger charge is 2.43. The first kappa shape index (κ1) is 26.3. The molecule has 3 aromatic rings. The molecule has 37 heavy (non-hydrogen) atoms. The molecule has 0 spiro atoms. The summed E-state index contributed by atoms with van der Waals surface area (Å²) >= 11 is 0. The van der Waals surface area contributed by atoms with Gasteiger partial charge in [-0.3, -0.25) is 4.79 Å². The lowest BCUT2D eigenvalue weighted by Crippen LogP contribution is -2.37. The van der Waals surface area contributed by atoms with Crippen molar-refractivity contribution in [2.75, 3.05) is 6.54 Å². The van der Waals surface area contributed by atoms with Crippen LogP contribution in [0.25, 0.3) is 5.95 Å². The lowest BCUT2D eigenvalue weighted by atomic mass is 10.1. The van der Waals surface area contributed by atoms with E-state index in [9.17, 15) is 35.5 Å². The normalized spacial score (nSPS) is 15.8. The number of carbonyl (C=O) groups is 1. The minimum absolute atomic E-state index is 0.0673. The van der Waals surface area contributed by atoms with Crippen molar-refractivity contribution >= 4 is 5.91 Å². The maximum Gasteiger partial charge on any atom is 0.457 e. The monoisotopic (exact) mass is 532 g/mol. The molecule has 1 aromatic carbocycles. The van der Waals surface area contributed by atoms with Crippen LogP contribution in [0.4, 0.5) is 30.7 Å². The van der Waals surface area contributed by atoms with E-state index in [2.05, 4.69) is 24.8 Å². The predicted octanol–water partition coefficient (Wildman–Crippen LogP) is 4.93. The van der Waals surface area contributed by atoms with Gasteiger partial charge in [0.15, 0.2) is 5.82 Å². The molecule has 1 aliphatic carbocycles. The number of carbonyl (C=O) groups excluding carboxylic acids is 1. The van der Waals surface area contributed by atoms with E-state index in [1.54, 1.807) is 13.0 Å². The van der Waals surface area contributed by atoms with Crippen LogP contribution in [0.3, 0.4) is 0 Å². The van der Waals surface area contributed by atoms with Crippen molar-refractivity contribution in [2.45, 2.75) is 44.5 Å². The van der Waals surface area contributed by atoms with Gasteiger partial charge in [0.05, 0.1) is 11.6 Å². The number of hydrogen-bond donors (Lipinski definition) is 0. The summed E-state index contributed by atoms with van der Waals surface area (Å²) in [5, 5.41) is 4.06. The van der Waals surface area contributed by atoms with E-state index in [4.69, 9.17) is 0 Å². The number of aromatic nitrogens is 5. The summed E-state index contributed by atoms with van der Waals surface area (Å²) in [4.78, 5) is 27.0. The summed E-state index contributed by atoms with van der Waals surface area (Å²) in [6.45, 7) is 1.69. The third-order valence-electron chi connectivity index (χ3n) is 5.55. The summed E-state index contributed by atoms with van der Waals surface area (Å²) in [5.74, 6) is -1.64. The van der Waals surface area contributed by atoms with E-state index in [1.165, 1.54) is 28.3 Å². The largest absolute Gasteiger partial charge is 0.457 e. The molecular formula is C22H19F7N6O2. The maximum absolute atomic E-state index is 13.5. The highest BCUT2D eigenvalue weighted by atomic mass is 19.4. The molecule has 0 saturated heterocycles. The van der Waals surface area contributed by atoms with E-state index in [-0.39, 0.29) is 30.3 Å². The van der Waals surface area contributed by atoms with Crippen molar-refractivity contribution in [1.29, 1.82) is 0 Å². The van der Waals surface area contributed by atoms with E-state index < -0.39 is 47.5 Å². The molecule has 2 unspecified atom stereocenters. The van der Waals surface area contributed by atoms with E-state index in [0.717, 1.165) is 12.8 Å². The van der Waals surface area contributed by atoms with Crippen molar-refractivity contribution in [2.24, 2.45) is 5.92 Å². The van der Waals surface area contributed by atoms with Crippen molar-refractivity contribution in [1.82, 2.24) is 29.6 Å². The van der Waals surface area contributed by atoms with Gasteiger partial charge in [0.25, 0.3) is 11.9 Å². The predicted molar refractivity (Wildman–Crippen MR) is 112 cm³/mol. The van der Waals surface area contributed by atoms with Crippen molar-refractivity contribution in [3.8, 4) is 11.7 Å². The lowest BCUT2D eigenvalue weighted by molar-refractivity contribution is -0.236. The van der Waals surface area contributed by atoms with Gasteiger partial charge in [0.2, 0.25) is 0 Å². The molecule has 0 N–H and O–H groups in total. The fourth-order valence-corrected chi connectivity index (χ4v) is 3.53. The molecule has 1 amide bonds. The van der Waals surface area contributed by atoms with Gasteiger partial charge in [-0.1, -0.05) is 0 Å². The molecule has 4 rings (SSSR count). The summed E-state index contributed by atoms with van der Waals surface area (Å²) in [5.41, 5.74) is -2.10. The molecule has 0 aliphatic heterocycles. The van der Waals surface area contributed by atoms with Gasteiger partial charge < -0.3 is 9.64 Å². The second-order valence-corrected chi connectivity index (χ2v) is 8.38. The average Bonchev–Trinajstić information content (AvgIpc) is 3.53. The summed E-state index contributed by atoms with van der Waals surface area (Å²) < 4.78 is 97.2. The van der Waals surface area contributed by atoms with Crippen molar-refractivity contribution < 1.29 is 40.3 Å². The van der Waals surface area contributed by atoms with Gasteiger partial charge in [-0.05, 0) is 49.9 Å². The maximum atomic E-state index is 13.5. The lowest BCUT2D eigenvalue weighted by Gasteiger charge is -2.29. The SMILES string of the molecule is CC(c1ncnn1-c1ncccn1)N(CC1CC1)C(=O)c1cc(OC(F)C(F)(F)F)cc(C(F)(F)F)c1. The zero-order valence-corrected chi connectivity index (χ0v) is 19.0. The van der Waals surface area contributed by atoms with Crippen LogP contribution >= 0.6 is 0 Å². The Bertz CT molecular complexity index is 1240. The molecule has 198 valence electrons. The first-order chi connectivity index (χ1) is 17.3. The zero-order valence-electron chi connectivity index (χ0n) is 19.0. The van der Waals surface area contributed by atoms with Gasteiger partial charge in [0.1, 0.15) is 12.1 Å². The third-order valence-corrected chi connectivity index (χ3v) is 5.55.